The minimum absolute atomic E-state index is 0.439. The van der Waals surface area contributed by atoms with Gasteiger partial charge < -0.3 is 4.12 Å². The Bertz CT molecular complexity index is 110. The molecule has 0 spiro atoms. The summed E-state index contributed by atoms with van der Waals surface area (Å²) >= 11 is 0. The Morgan fingerprint density at radius 2 is 2.00 bits per heavy atom. The molecule has 0 aliphatic rings. The molecule has 1 nitrogen and oxygen atoms in total. The summed E-state index contributed by atoms with van der Waals surface area (Å²) in [6.45, 7) is 11.6. The van der Waals surface area contributed by atoms with Gasteiger partial charge in [-0.05, 0) is 13.1 Å². The molecule has 0 amide bonds. The average molecular weight is 158 g/mol. The summed E-state index contributed by atoms with van der Waals surface area (Å²) in [5.41, 5.74) is 3.85. The van der Waals surface area contributed by atoms with Crippen LogP contribution in [0.2, 0.25) is 13.1 Å². The van der Waals surface area contributed by atoms with Gasteiger partial charge in [-0.25, -0.2) is 0 Å². The van der Waals surface area contributed by atoms with Crippen molar-refractivity contribution in [2.75, 3.05) is 0 Å². The molecule has 9 heavy (non-hydrogen) atoms. The minimum Gasteiger partial charge on any atom is -0.454 e. The van der Waals surface area contributed by atoms with E-state index in [1.54, 1.807) is 0 Å². The van der Waals surface area contributed by atoms with Gasteiger partial charge in [0.25, 0.3) is 0 Å². The van der Waals surface area contributed by atoms with E-state index >= 15 is 0 Å². The SMILES string of the molecule is C=C[SiH2]O[Si](C)(C)C=C. The van der Waals surface area contributed by atoms with E-state index in [9.17, 15) is 0 Å². The van der Waals surface area contributed by atoms with Crippen molar-refractivity contribution < 1.29 is 4.12 Å². The molecule has 0 aromatic heterocycles. The van der Waals surface area contributed by atoms with Crippen LogP contribution < -0.4 is 0 Å². The van der Waals surface area contributed by atoms with E-state index in [4.69, 9.17) is 4.12 Å². The van der Waals surface area contributed by atoms with Crippen LogP contribution in [0.25, 0.3) is 0 Å². The second-order valence-electron chi connectivity index (χ2n) is 2.41. The van der Waals surface area contributed by atoms with E-state index in [0.29, 0.717) is 0 Å². The number of hydrogen-bond donors (Lipinski definition) is 0. The molecule has 0 atom stereocenters. The summed E-state index contributed by atoms with van der Waals surface area (Å²) in [5, 5.41) is 0. The van der Waals surface area contributed by atoms with Crippen LogP contribution in [0.15, 0.2) is 24.6 Å². The summed E-state index contributed by atoms with van der Waals surface area (Å²) < 4.78 is 5.57. The molecule has 0 saturated carbocycles. The lowest BCUT2D eigenvalue weighted by atomic mass is 11.3. The molecule has 0 aromatic rings. The van der Waals surface area contributed by atoms with Gasteiger partial charge in [0.15, 0.2) is 18.1 Å². The summed E-state index contributed by atoms with van der Waals surface area (Å²) in [5.74, 6) is 0. The largest absolute Gasteiger partial charge is 0.454 e. The van der Waals surface area contributed by atoms with Crippen LogP contribution in [0, 0.1) is 0 Å². The van der Waals surface area contributed by atoms with Crippen LogP contribution in [0.5, 0.6) is 0 Å². The van der Waals surface area contributed by atoms with Gasteiger partial charge in [0.05, 0.1) is 0 Å². The molecule has 0 bridgehead atoms. The first-order valence-corrected chi connectivity index (χ1v) is 7.39. The van der Waals surface area contributed by atoms with Crippen molar-refractivity contribution >= 4 is 18.1 Å². The zero-order valence-corrected chi connectivity index (χ0v) is 8.60. The summed E-state index contributed by atoms with van der Waals surface area (Å²) in [6, 6.07) is 0. The maximum atomic E-state index is 5.57. The van der Waals surface area contributed by atoms with Gasteiger partial charge in [0, 0.05) is 0 Å². The highest BCUT2D eigenvalue weighted by Crippen LogP contribution is 2.02. The Kier molecular flexibility index (Phi) is 3.76. The van der Waals surface area contributed by atoms with Crippen molar-refractivity contribution in [3.05, 3.63) is 24.6 Å². The third kappa shape index (κ3) is 4.38. The molecule has 0 N–H and O–H groups in total. The molecule has 3 heteroatoms. The van der Waals surface area contributed by atoms with Crippen LogP contribution in [0.1, 0.15) is 0 Å². The normalized spacial score (nSPS) is 12.2. The quantitative estimate of drug-likeness (QED) is 0.558. The molecule has 0 saturated heterocycles. The van der Waals surface area contributed by atoms with Crippen LogP contribution in [0.4, 0.5) is 0 Å². The van der Waals surface area contributed by atoms with Crippen molar-refractivity contribution in [3.8, 4) is 0 Å². The lowest BCUT2D eigenvalue weighted by Gasteiger charge is -2.16. The first kappa shape index (κ1) is 8.87. The van der Waals surface area contributed by atoms with E-state index in [2.05, 4.69) is 26.3 Å². The lowest BCUT2D eigenvalue weighted by molar-refractivity contribution is 0.614. The Labute approximate surface area is 60.5 Å². The molecule has 52 valence electrons. The predicted molar refractivity (Wildman–Crippen MR) is 47.5 cm³/mol. The van der Waals surface area contributed by atoms with Crippen molar-refractivity contribution in [2.24, 2.45) is 0 Å². The van der Waals surface area contributed by atoms with Crippen LogP contribution in [-0.2, 0) is 4.12 Å². The van der Waals surface area contributed by atoms with Crippen molar-refractivity contribution in [1.29, 1.82) is 0 Å². The third-order valence-corrected chi connectivity index (χ3v) is 5.93. The van der Waals surface area contributed by atoms with Gasteiger partial charge in [-0.1, -0.05) is 11.4 Å². The second-order valence-corrected chi connectivity index (χ2v) is 8.09. The molecular formula is C6H14OSi2. The van der Waals surface area contributed by atoms with E-state index < -0.39 is 18.1 Å². The van der Waals surface area contributed by atoms with Gasteiger partial charge in [-0.3, -0.25) is 0 Å². The zero-order valence-electron chi connectivity index (χ0n) is 6.18. The second kappa shape index (κ2) is 3.82. The fourth-order valence-electron chi connectivity index (χ4n) is 0.333. The molecule has 0 aromatic carbocycles. The van der Waals surface area contributed by atoms with E-state index in [0.717, 1.165) is 0 Å². The van der Waals surface area contributed by atoms with E-state index in [1.165, 1.54) is 0 Å². The monoisotopic (exact) mass is 158 g/mol. The van der Waals surface area contributed by atoms with E-state index in [-0.39, 0.29) is 0 Å². The molecule has 0 rings (SSSR count). The fraction of sp³-hybridized carbons (Fsp3) is 0.333. The first-order chi connectivity index (χ1) is 4.12. The van der Waals surface area contributed by atoms with Crippen molar-refractivity contribution in [3.63, 3.8) is 0 Å². The van der Waals surface area contributed by atoms with Gasteiger partial charge in [0.1, 0.15) is 0 Å². The molecule has 0 heterocycles. The Balaban J connectivity index is 3.57. The van der Waals surface area contributed by atoms with Crippen molar-refractivity contribution in [1.82, 2.24) is 0 Å². The minimum atomic E-state index is -1.44. The van der Waals surface area contributed by atoms with Crippen LogP contribution in [0.3, 0.4) is 0 Å². The first-order valence-electron chi connectivity index (χ1n) is 3.01. The molecule has 0 unspecified atom stereocenters. The fourth-order valence-corrected chi connectivity index (χ4v) is 2.99. The molecule has 0 fully saturated rings. The summed E-state index contributed by atoms with van der Waals surface area (Å²) in [6.07, 6.45) is 0. The molecule has 0 aliphatic carbocycles. The standard InChI is InChI=1S/C6H14OSi2/c1-5-8-7-9(3,4)6-2/h5-6H,1-2,8H2,3-4H3. The highest BCUT2D eigenvalue weighted by atomic mass is 28.4. The lowest BCUT2D eigenvalue weighted by Crippen LogP contribution is -2.28. The van der Waals surface area contributed by atoms with Gasteiger partial charge in [-0.2, -0.15) is 0 Å². The molecule has 0 aliphatic heterocycles. The average Bonchev–Trinajstić information content (AvgIpc) is 1.84. The molecule has 0 radical (unpaired) electrons. The maximum Gasteiger partial charge on any atom is 0.197 e. The third-order valence-electron chi connectivity index (χ3n) is 1.06. The highest BCUT2D eigenvalue weighted by Gasteiger charge is 2.14. The Hall–Kier alpha value is -0.126. The number of rotatable bonds is 4. The highest BCUT2D eigenvalue weighted by molar-refractivity contribution is 6.80. The summed E-state index contributed by atoms with van der Waals surface area (Å²) in [7, 11) is -1.88. The zero-order chi connectivity index (χ0) is 7.33. The molecular weight excluding hydrogens is 144 g/mol. The Morgan fingerprint density at radius 1 is 1.44 bits per heavy atom. The number of hydrogen-bond acceptors (Lipinski definition) is 1. The van der Waals surface area contributed by atoms with E-state index in [1.807, 2.05) is 11.4 Å². The van der Waals surface area contributed by atoms with Crippen molar-refractivity contribution in [2.45, 2.75) is 13.1 Å². The van der Waals surface area contributed by atoms with Crippen LogP contribution >= 0.6 is 0 Å². The van der Waals surface area contributed by atoms with Gasteiger partial charge in [-0.15, -0.1) is 13.2 Å². The predicted octanol–water partition coefficient (Wildman–Crippen LogP) is 1.16. The maximum absolute atomic E-state index is 5.57. The van der Waals surface area contributed by atoms with Gasteiger partial charge >= 0.3 is 0 Å². The van der Waals surface area contributed by atoms with Gasteiger partial charge in [0.2, 0.25) is 0 Å². The topological polar surface area (TPSA) is 9.23 Å². The summed E-state index contributed by atoms with van der Waals surface area (Å²) in [4.78, 5) is 0. The smallest absolute Gasteiger partial charge is 0.197 e. The van der Waals surface area contributed by atoms with Crippen LogP contribution in [-0.4, -0.2) is 18.1 Å². The Morgan fingerprint density at radius 3 is 2.33 bits per heavy atom.